The van der Waals surface area contributed by atoms with Crippen LogP contribution in [0.3, 0.4) is 0 Å². The van der Waals surface area contributed by atoms with Gasteiger partial charge in [0.1, 0.15) is 22.8 Å². The van der Waals surface area contributed by atoms with E-state index in [9.17, 15) is 24.5 Å². The molecule has 0 radical (unpaired) electrons. The third-order valence-electron chi connectivity index (χ3n) is 4.71. The molecule has 4 rings (SSSR count). The summed E-state index contributed by atoms with van der Waals surface area (Å²) in [5.74, 6) is -0.888. The standard InChI is InChI=1S/C22H15N3O7/c1-31-14-8-6-13(7-9-14)24-21(27)17(20(26)23-22(24)28)12-15-10-11-19(32-15)16-4-2-3-5-18(16)25(29)30/h2-12H,1H3,(H,23,26,28). The molecule has 1 aromatic heterocycles. The van der Waals surface area contributed by atoms with Crippen LogP contribution in [0.2, 0.25) is 0 Å². The second kappa shape index (κ2) is 8.19. The van der Waals surface area contributed by atoms with Crippen LogP contribution in [0.5, 0.6) is 5.75 Å². The number of barbiturate groups is 1. The van der Waals surface area contributed by atoms with E-state index in [1.54, 1.807) is 18.2 Å². The number of nitrogens with zero attached hydrogens (tertiary/aromatic N) is 2. The van der Waals surface area contributed by atoms with Gasteiger partial charge in [0.25, 0.3) is 17.5 Å². The molecule has 1 N–H and O–H groups in total. The van der Waals surface area contributed by atoms with Crippen LogP contribution in [0, 0.1) is 10.1 Å². The number of hydrogen-bond acceptors (Lipinski definition) is 7. The van der Waals surface area contributed by atoms with Gasteiger partial charge < -0.3 is 9.15 Å². The van der Waals surface area contributed by atoms with E-state index in [2.05, 4.69) is 5.32 Å². The molecule has 10 heteroatoms. The number of hydrogen-bond donors (Lipinski definition) is 1. The minimum Gasteiger partial charge on any atom is -0.497 e. The summed E-state index contributed by atoms with van der Waals surface area (Å²) in [5, 5.41) is 13.4. The first-order valence-corrected chi connectivity index (χ1v) is 9.28. The maximum atomic E-state index is 12.9. The van der Waals surface area contributed by atoms with E-state index < -0.39 is 22.8 Å². The number of methoxy groups -OCH3 is 1. The number of furan rings is 1. The summed E-state index contributed by atoms with van der Waals surface area (Å²) in [5.41, 5.74) is 0.0102. The number of carbonyl (C=O) groups excluding carboxylic acids is 3. The highest BCUT2D eigenvalue weighted by Gasteiger charge is 2.37. The molecule has 1 aliphatic heterocycles. The first-order valence-electron chi connectivity index (χ1n) is 9.28. The molecule has 0 atom stereocenters. The molecule has 0 bridgehead atoms. The van der Waals surface area contributed by atoms with Gasteiger partial charge in [0, 0.05) is 6.07 Å². The molecule has 160 valence electrons. The first kappa shape index (κ1) is 20.5. The molecule has 0 unspecified atom stereocenters. The summed E-state index contributed by atoms with van der Waals surface area (Å²) in [6.45, 7) is 0. The van der Waals surface area contributed by atoms with Gasteiger partial charge in [-0.1, -0.05) is 12.1 Å². The Hall–Kier alpha value is -4.73. The van der Waals surface area contributed by atoms with E-state index in [1.165, 1.54) is 55.7 Å². The molecular formula is C22H15N3O7. The number of urea groups is 1. The molecule has 0 saturated carbocycles. The molecule has 0 spiro atoms. The molecule has 1 aliphatic rings. The van der Waals surface area contributed by atoms with E-state index in [0.29, 0.717) is 5.75 Å². The maximum absolute atomic E-state index is 12.9. The van der Waals surface area contributed by atoms with E-state index in [-0.39, 0.29) is 34.0 Å². The summed E-state index contributed by atoms with van der Waals surface area (Å²) >= 11 is 0. The molecule has 32 heavy (non-hydrogen) atoms. The monoisotopic (exact) mass is 433 g/mol. The fourth-order valence-corrected chi connectivity index (χ4v) is 3.18. The average Bonchev–Trinajstić information content (AvgIpc) is 3.25. The van der Waals surface area contributed by atoms with Crippen LogP contribution >= 0.6 is 0 Å². The van der Waals surface area contributed by atoms with Crippen LogP contribution in [-0.2, 0) is 9.59 Å². The van der Waals surface area contributed by atoms with Gasteiger partial charge in [-0.25, -0.2) is 9.69 Å². The van der Waals surface area contributed by atoms with E-state index in [0.717, 1.165) is 4.90 Å². The lowest BCUT2D eigenvalue weighted by Crippen LogP contribution is -2.54. The number of carbonyl (C=O) groups is 3. The molecule has 1 saturated heterocycles. The maximum Gasteiger partial charge on any atom is 0.335 e. The van der Waals surface area contributed by atoms with Crippen molar-refractivity contribution in [3.8, 4) is 17.1 Å². The Kier molecular flexibility index (Phi) is 5.25. The minimum atomic E-state index is -0.887. The van der Waals surface area contributed by atoms with Gasteiger partial charge in [0.2, 0.25) is 0 Å². The first-order chi connectivity index (χ1) is 15.4. The zero-order chi connectivity index (χ0) is 22.8. The van der Waals surface area contributed by atoms with Gasteiger partial charge >= 0.3 is 6.03 Å². The number of para-hydroxylation sites is 1. The Balaban J connectivity index is 1.68. The van der Waals surface area contributed by atoms with Crippen molar-refractivity contribution in [3.05, 3.63) is 82.1 Å². The van der Waals surface area contributed by atoms with Gasteiger partial charge in [-0.05, 0) is 48.5 Å². The van der Waals surface area contributed by atoms with E-state index >= 15 is 0 Å². The van der Waals surface area contributed by atoms with Gasteiger partial charge in [0.15, 0.2) is 0 Å². The Morgan fingerprint density at radius 1 is 1.03 bits per heavy atom. The zero-order valence-corrected chi connectivity index (χ0v) is 16.6. The number of benzene rings is 2. The fourth-order valence-electron chi connectivity index (χ4n) is 3.18. The quantitative estimate of drug-likeness (QED) is 0.282. The zero-order valence-electron chi connectivity index (χ0n) is 16.6. The van der Waals surface area contributed by atoms with Crippen molar-refractivity contribution in [3.63, 3.8) is 0 Å². The smallest absolute Gasteiger partial charge is 0.335 e. The number of ether oxygens (including phenoxy) is 1. The Morgan fingerprint density at radius 2 is 1.75 bits per heavy atom. The summed E-state index contributed by atoms with van der Waals surface area (Å²) in [6.07, 6.45) is 1.18. The minimum absolute atomic E-state index is 0.112. The lowest BCUT2D eigenvalue weighted by atomic mass is 10.1. The predicted molar refractivity (Wildman–Crippen MR) is 113 cm³/mol. The predicted octanol–water partition coefficient (Wildman–Crippen LogP) is 3.53. The molecule has 3 aromatic rings. The van der Waals surface area contributed by atoms with Crippen LogP contribution in [-0.4, -0.2) is 29.9 Å². The second-order valence-electron chi connectivity index (χ2n) is 6.63. The van der Waals surface area contributed by atoms with Crippen LogP contribution < -0.4 is 15.0 Å². The summed E-state index contributed by atoms with van der Waals surface area (Å²) < 4.78 is 10.7. The van der Waals surface area contributed by atoms with Crippen molar-refractivity contribution < 1.29 is 28.5 Å². The molecular weight excluding hydrogens is 418 g/mol. The van der Waals surface area contributed by atoms with Crippen LogP contribution in [0.4, 0.5) is 16.2 Å². The highest BCUT2D eigenvalue weighted by molar-refractivity contribution is 6.39. The van der Waals surface area contributed by atoms with E-state index in [4.69, 9.17) is 9.15 Å². The number of rotatable bonds is 5. The largest absolute Gasteiger partial charge is 0.497 e. The van der Waals surface area contributed by atoms with Crippen molar-refractivity contribution in [1.29, 1.82) is 0 Å². The number of amides is 4. The Morgan fingerprint density at radius 3 is 2.44 bits per heavy atom. The highest BCUT2D eigenvalue weighted by atomic mass is 16.6. The molecule has 1 fully saturated rings. The lowest BCUT2D eigenvalue weighted by molar-refractivity contribution is -0.384. The normalized spacial score (nSPS) is 15.1. The number of nitro benzene ring substituents is 1. The Bertz CT molecular complexity index is 1270. The third kappa shape index (κ3) is 3.72. The van der Waals surface area contributed by atoms with Crippen molar-refractivity contribution in [2.24, 2.45) is 0 Å². The van der Waals surface area contributed by atoms with Crippen LogP contribution in [0.15, 0.2) is 70.7 Å². The number of imide groups is 2. The topological polar surface area (TPSA) is 132 Å². The number of nitro groups is 1. The highest BCUT2D eigenvalue weighted by Crippen LogP contribution is 2.32. The SMILES string of the molecule is COc1ccc(N2C(=O)NC(=O)C(=Cc3ccc(-c4ccccc4[N+](=O)[O-])o3)C2=O)cc1. The fraction of sp³-hybridized carbons (Fsp3) is 0.0455. The summed E-state index contributed by atoms with van der Waals surface area (Å²) in [4.78, 5) is 49.1. The summed E-state index contributed by atoms with van der Waals surface area (Å²) in [7, 11) is 1.48. The van der Waals surface area contributed by atoms with Crippen LogP contribution in [0.25, 0.3) is 17.4 Å². The van der Waals surface area contributed by atoms with Gasteiger partial charge in [-0.2, -0.15) is 0 Å². The van der Waals surface area contributed by atoms with Crippen molar-refractivity contribution >= 4 is 35.3 Å². The Labute approximate surface area is 180 Å². The molecule has 2 heterocycles. The van der Waals surface area contributed by atoms with Crippen LogP contribution in [0.1, 0.15) is 5.76 Å². The van der Waals surface area contributed by atoms with Crippen molar-refractivity contribution in [2.45, 2.75) is 0 Å². The average molecular weight is 433 g/mol. The molecule has 4 amide bonds. The van der Waals surface area contributed by atoms with Gasteiger partial charge in [-0.15, -0.1) is 0 Å². The molecule has 2 aromatic carbocycles. The van der Waals surface area contributed by atoms with Crippen molar-refractivity contribution in [2.75, 3.05) is 12.0 Å². The lowest BCUT2D eigenvalue weighted by Gasteiger charge is -2.26. The number of anilines is 1. The van der Waals surface area contributed by atoms with Crippen molar-refractivity contribution in [1.82, 2.24) is 5.32 Å². The van der Waals surface area contributed by atoms with E-state index in [1.807, 2.05) is 0 Å². The second-order valence-corrected chi connectivity index (χ2v) is 6.63. The van der Waals surface area contributed by atoms with Gasteiger partial charge in [0.05, 0.1) is 23.3 Å². The van der Waals surface area contributed by atoms with Gasteiger partial charge in [-0.3, -0.25) is 25.0 Å². The molecule has 10 nitrogen and oxygen atoms in total. The third-order valence-corrected chi connectivity index (χ3v) is 4.71. The summed E-state index contributed by atoms with van der Waals surface area (Å²) in [6, 6.07) is 14.2. The molecule has 0 aliphatic carbocycles. The number of nitrogens with one attached hydrogen (secondary N) is 1.